The van der Waals surface area contributed by atoms with Gasteiger partial charge >= 0.3 is 12.0 Å². The standard InChI is InChI=1S/C14H19N3O4/c1-17-6-7-21-12(9-17)8-15-14(20)16-11-4-2-10(3-5-11)13(18)19/h2-5,12H,6-9H2,1H3,(H,18,19)(H2,15,16,20). The molecule has 1 aliphatic rings. The number of hydrogen-bond donors (Lipinski definition) is 3. The summed E-state index contributed by atoms with van der Waals surface area (Å²) in [5.74, 6) is -0.996. The maximum absolute atomic E-state index is 11.7. The molecule has 7 heteroatoms. The van der Waals surface area contributed by atoms with Gasteiger partial charge in [-0.05, 0) is 31.3 Å². The highest BCUT2D eigenvalue weighted by molar-refractivity contribution is 5.91. The van der Waals surface area contributed by atoms with Crippen molar-refractivity contribution in [3.8, 4) is 0 Å². The minimum Gasteiger partial charge on any atom is -0.478 e. The number of anilines is 1. The van der Waals surface area contributed by atoms with Crippen molar-refractivity contribution in [3.05, 3.63) is 29.8 Å². The average Bonchev–Trinajstić information content (AvgIpc) is 2.46. The van der Waals surface area contributed by atoms with Crippen LogP contribution in [0.1, 0.15) is 10.4 Å². The Bertz CT molecular complexity index is 503. The number of urea groups is 1. The summed E-state index contributed by atoms with van der Waals surface area (Å²) in [5, 5.41) is 14.2. The Labute approximate surface area is 122 Å². The number of carbonyl (C=O) groups excluding carboxylic acids is 1. The Morgan fingerprint density at radius 1 is 1.38 bits per heavy atom. The fourth-order valence-electron chi connectivity index (χ4n) is 2.07. The summed E-state index contributed by atoms with van der Waals surface area (Å²) >= 11 is 0. The predicted octanol–water partition coefficient (Wildman–Crippen LogP) is 0.837. The molecule has 1 aromatic carbocycles. The topological polar surface area (TPSA) is 90.9 Å². The molecular formula is C14H19N3O4. The van der Waals surface area contributed by atoms with E-state index in [0.29, 0.717) is 18.8 Å². The number of amides is 2. The second-order valence-corrected chi connectivity index (χ2v) is 4.97. The minimum atomic E-state index is -0.996. The normalized spacial score (nSPS) is 19.0. The molecule has 0 saturated carbocycles. The van der Waals surface area contributed by atoms with Crippen molar-refractivity contribution < 1.29 is 19.4 Å². The third-order valence-electron chi connectivity index (χ3n) is 3.22. The lowest BCUT2D eigenvalue weighted by atomic mass is 10.2. The van der Waals surface area contributed by atoms with Crippen molar-refractivity contribution in [2.45, 2.75) is 6.10 Å². The molecule has 1 saturated heterocycles. The number of hydrogen-bond acceptors (Lipinski definition) is 4. The van der Waals surface area contributed by atoms with Crippen molar-refractivity contribution in [2.75, 3.05) is 38.6 Å². The molecule has 0 radical (unpaired) electrons. The highest BCUT2D eigenvalue weighted by Crippen LogP contribution is 2.09. The molecule has 7 nitrogen and oxygen atoms in total. The Hall–Kier alpha value is -2.12. The van der Waals surface area contributed by atoms with Gasteiger partial charge in [0.25, 0.3) is 0 Å². The summed E-state index contributed by atoms with van der Waals surface area (Å²) in [7, 11) is 2.01. The largest absolute Gasteiger partial charge is 0.478 e. The first-order valence-electron chi connectivity index (χ1n) is 6.73. The van der Waals surface area contributed by atoms with E-state index >= 15 is 0 Å². The Kier molecular flexibility index (Phi) is 5.13. The van der Waals surface area contributed by atoms with E-state index in [1.165, 1.54) is 12.1 Å². The number of carboxylic acid groups (broad SMARTS) is 1. The molecule has 0 aromatic heterocycles. The van der Waals surface area contributed by atoms with Gasteiger partial charge < -0.3 is 25.4 Å². The first-order chi connectivity index (χ1) is 10.0. The van der Waals surface area contributed by atoms with Crippen LogP contribution in [-0.4, -0.2) is 61.4 Å². The minimum absolute atomic E-state index is 0.0103. The van der Waals surface area contributed by atoms with Crippen LogP contribution in [0.3, 0.4) is 0 Å². The number of nitrogens with zero attached hydrogens (tertiary/aromatic N) is 1. The molecule has 1 atom stereocenters. The van der Waals surface area contributed by atoms with Gasteiger partial charge in [0.15, 0.2) is 0 Å². The third-order valence-corrected chi connectivity index (χ3v) is 3.22. The second kappa shape index (κ2) is 7.05. The second-order valence-electron chi connectivity index (χ2n) is 4.97. The summed E-state index contributed by atoms with van der Waals surface area (Å²) < 4.78 is 5.54. The van der Waals surface area contributed by atoms with Crippen LogP contribution in [0.5, 0.6) is 0 Å². The van der Waals surface area contributed by atoms with Gasteiger partial charge in [0, 0.05) is 25.3 Å². The van der Waals surface area contributed by atoms with E-state index in [-0.39, 0.29) is 17.7 Å². The number of carbonyl (C=O) groups is 2. The average molecular weight is 293 g/mol. The number of carboxylic acids is 1. The van der Waals surface area contributed by atoms with Gasteiger partial charge in [-0.25, -0.2) is 9.59 Å². The van der Waals surface area contributed by atoms with Crippen molar-refractivity contribution in [3.63, 3.8) is 0 Å². The highest BCUT2D eigenvalue weighted by Gasteiger charge is 2.18. The first-order valence-corrected chi connectivity index (χ1v) is 6.73. The lowest BCUT2D eigenvalue weighted by Gasteiger charge is -2.30. The van der Waals surface area contributed by atoms with E-state index in [2.05, 4.69) is 15.5 Å². The number of ether oxygens (including phenoxy) is 1. The van der Waals surface area contributed by atoms with Gasteiger partial charge in [-0.1, -0.05) is 0 Å². The number of morpholine rings is 1. The van der Waals surface area contributed by atoms with Gasteiger partial charge in [0.1, 0.15) is 0 Å². The van der Waals surface area contributed by atoms with Crippen LogP contribution in [0.15, 0.2) is 24.3 Å². The van der Waals surface area contributed by atoms with E-state index < -0.39 is 5.97 Å². The first kappa shape index (κ1) is 15.3. The fraction of sp³-hybridized carbons (Fsp3) is 0.429. The predicted molar refractivity (Wildman–Crippen MR) is 77.7 cm³/mol. The molecule has 1 aliphatic heterocycles. The Morgan fingerprint density at radius 2 is 2.10 bits per heavy atom. The van der Waals surface area contributed by atoms with Crippen LogP contribution in [0.2, 0.25) is 0 Å². The number of nitrogens with one attached hydrogen (secondary N) is 2. The van der Waals surface area contributed by atoms with Gasteiger partial charge in [-0.15, -0.1) is 0 Å². The van der Waals surface area contributed by atoms with E-state index in [4.69, 9.17) is 9.84 Å². The molecule has 3 N–H and O–H groups in total. The van der Waals surface area contributed by atoms with Gasteiger partial charge in [-0.2, -0.15) is 0 Å². The number of aromatic carboxylic acids is 1. The maximum atomic E-state index is 11.7. The molecule has 0 bridgehead atoms. The monoisotopic (exact) mass is 293 g/mol. The SMILES string of the molecule is CN1CCOC(CNC(=O)Nc2ccc(C(=O)O)cc2)C1. The molecule has 0 aliphatic carbocycles. The van der Waals surface area contributed by atoms with E-state index in [9.17, 15) is 9.59 Å². The molecule has 1 unspecified atom stereocenters. The molecule has 1 aromatic rings. The summed E-state index contributed by atoms with van der Waals surface area (Å²) in [6.45, 7) is 2.79. The van der Waals surface area contributed by atoms with Gasteiger partial charge in [0.05, 0.1) is 18.3 Å². The Balaban J connectivity index is 1.77. The molecular weight excluding hydrogens is 274 g/mol. The molecule has 1 heterocycles. The van der Waals surface area contributed by atoms with E-state index in [0.717, 1.165) is 13.1 Å². The zero-order valence-electron chi connectivity index (χ0n) is 11.8. The van der Waals surface area contributed by atoms with E-state index in [1.807, 2.05) is 7.05 Å². The van der Waals surface area contributed by atoms with Crippen LogP contribution in [0, 0.1) is 0 Å². The molecule has 0 spiro atoms. The molecule has 114 valence electrons. The van der Waals surface area contributed by atoms with Gasteiger partial charge in [-0.3, -0.25) is 0 Å². The summed E-state index contributed by atoms with van der Waals surface area (Å²) in [6, 6.07) is 5.64. The van der Waals surface area contributed by atoms with Crippen LogP contribution in [-0.2, 0) is 4.74 Å². The number of likely N-dealkylation sites (N-methyl/N-ethyl adjacent to an activating group) is 1. The Morgan fingerprint density at radius 3 is 2.71 bits per heavy atom. The zero-order chi connectivity index (χ0) is 15.2. The fourth-order valence-corrected chi connectivity index (χ4v) is 2.07. The zero-order valence-corrected chi connectivity index (χ0v) is 11.8. The maximum Gasteiger partial charge on any atom is 0.335 e. The molecule has 2 rings (SSSR count). The van der Waals surface area contributed by atoms with Crippen LogP contribution in [0.25, 0.3) is 0 Å². The van der Waals surface area contributed by atoms with Crippen LogP contribution < -0.4 is 10.6 Å². The summed E-state index contributed by atoms with van der Waals surface area (Å²) in [6.07, 6.45) is -0.0103. The lowest BCUT2D eigenvalue weighted by molar-refractivity contribution is -0.0166. The number of benzene rings is 1. The van der Waals surface area contributed by atoms with E-state index in [1.54, 1.807) is 12.1 Å². The molecule has 21 heavy (non-hydrogen) atoms. The third kappa shape index (κ3) is 4.73. The van der Waals surface area contributed by atoms with Crippen molar-refractivity contribution >= 4 is 17.7 Å². The van der Waals surface area contributed by atoms with Crippen LogP contribution >= 0.6 is 0 Å². The van der Waals surface area contributed by atoms with Crippen molar-refractivity contribution in [2.24, 2.45) is 0 Å². The summed E-state index contributed by atoms with van der Waals surface area (Å²) in [4.78, 5) is 24.6. The molecule has 2 amide bonds. The van der Waals surface area contributed by atoms with Crippen LogP contribution in [0.4, 0.5) is 10.5 Å². The van der Waals surface area contributed by atoms with Crippen molar-refractivity contribution in [1.82, 2.24) is 10.2 Å². The summed E-state index contributed by atoms with van der Waals surface area (Å²) in [5.41, 5.74) is 0.721. The smallest absolute Gasteiger partial charge is 0.335 e. The number of rotatable bonds is 4. The highest BCUT2D eigenvalue weighted by atomic mass is 16.5. The van der Waals surface area contributed by atoms with Crippen molar-refractivity contribution in [1.29, 1.82) is 0 Å². The lowest BCUT2D eigenvalue weighted by Crippen LogP contribution is -2.46. The quantitative estimate of drug-likeness (QED) is 0.765. The van der Waals surface area contributed by atoms with Gasteiger partial charge in [0.2, 0.25) is 0 Å². The molecule has 1 fully saturated rings.